The van der Waals surface area contributed by atoms with Crippen molar-refractivity contribution >= 4 is 23.1 Å². The van der Waals surface area contributed by atoms with Crippen LogP contribution in [0, 0.1) is 22.9 Å². The van der Waals surface area contributed by atoms with Crippen LogP contribution in [0.1, 0.15) is 11.3 Å². The zero-order chi connectivity index (χ0) is 14.9. The first-order valence-electron chi connectivity index (χ1n) is 5.76. The molecule has 2 aromatic rings. The van der Waals surface area contributed by atoms with E-state index in [4.69, 9.17) is 11.6 Å². The van der Waals surface area contributed by atoms with Gasteiger partial charge in [0, 0.05) is 13.6 Å². The Morgan fingerprint density at radius 3 is 2.85 bits per heavy atom. The lowest BCUT2D eigenvalue weighted by atomic mass is 10.2. The van der Waals surface area contributed by atoms with Gasteiger partial charge in [0.05, 0.1) is 9.95 Å². The number of benzene rings is 1. The third kappa shape index (κ3) is 2.72. The fraction of sp³-hybridized carbons (Fsp3) is 0.250. The Labute approximate surface area is 119 Å². The molecule has 0 aliphatic rings. The van der Waals surface area contributed by atoms with Crippen LogP contribution in [0.5, 0.6) is 0 Å². The molecule has 0 saturated heterocycles. The Balaban J connectivity index is 2.22. The molecule has 0 unspecified atom stereocenters. The van der Waals surface area contributed by atoms with Gasteiger partial charge >= 0.3 is 5.69 Å². The van der Waals surface area contributed by atoms with E-state index in [1.165, 1.54) is 16.8 Å². The molecule has 0 bridgehead atoms. The third-order valence-corrected chi connectivity index (χ3v) is 3.11. The summed E-state index contributed by atoms with van der Waals surface area (Å²) >= 11 is 5.68. The highest BCUT2D eigenvalue weighted by Gasteiger charge is 2.23. The predicted octanol–water partition coefficient (Wildman–Crippen LogP) is 3.04. The van der Waals surface area contributed by atoms with Gasteiger partial charge in [-0.05, 0) is 24.6 Å². The molecule has 2 rings (SSSR count). The molecule has 6 nitrogen and oxygen atoms in total. The lowest BCUT2D eigenvalue weighted by Gasteiger charge is -2.07. The van der Waals surface area contributed by atoms with E-state index in [0.29, 0.717) is 17.1 Å². The highest BCUT2D eigenvalue weighted by molar-refractivity contribution is 6.30. The SMILES string of the molecule is Cc1nn(C)c(NCc2ccc(F)c(Cl)c2)c1[N+](=O)[O-]. The van der Waals surface area contributed by atoms with Crippen molar-refractivity contribution in [2.45, 2.75) is 13.5 Å². The smallest absolute Gasteiger partial charge is 0.333 e. The molecule has 0 aliphatic carbocycles. The summed E-state index contributed by atoms with van der Waals surface area (Å²) in [5.41, 5.74) is 0.974. The molecule has 1 aromatic heterocycles. The van der Waals surface area contributed by atoms with Crippen LogP contribution in [0.4, 0.5) is 15.9 Å². The van der Waals surface area contributed by atoms with E-state index in [2.05, 4.69) is 10.4 Å². The van der Waals surface area contributed by atoms with Crippen molar-refractivity contribution in [1.29, 1.82) is 0 Å². The minimum absolute atomic E-state index is 0.0139. The fourth-order valence-corrected chi connectivity index (χ4v) is 2.10. The number of aromatic nitrogens is 2. The first kappa shape index (κ1) is 14.3. The zero-order valence-corrected chi connectivity index (χ0v) is 11.6. The Morgan fingerprint density at radius 1 is 1.55 bits per heavy atom. The summed E-state index contributed by atoms with van der Waals surface area (Å²) in [4.78, 5) is 10.5. The third-order valence-electron chi connectivity index (χ3n) is 2.82. The number of nitrogens with zero attached hydrogens (tertiary/aromatic N) is 3. The van der Waals surface area contributed by atoms with E-state index in [9.17, 15) is 14.5 Å². The first-order chi connectivity index (χ1) is 9.40. The maximum absolute atomic E-state index is 13.0. The average Bonchev–Trinajstić information content (AvgIpc) is 2.65. The fourth-order valence-electron chi connectivity index (χ4n) is 1.90. The lowest BCUT2D eigenvalue weighted by molar-refractivity contribution is -0.384. The van der Waals surface area contributed by atoms with E-state index in [-0.39, 0.29) is 17.3 Å². The molecule has 0 fully saturated rings. The van der Waals surface area contributed by atoms with Crippen LogP contribution in [0.3, 0.4) is 0 Å². The first-order valence-corrected chi connectivity index (χ1v) is 6.13. The van der Waals surface area contributed by atoms with Crippen LogP contribution in [0.25, 0.3) is 0 Å². The summed E-state index contributed by atoms with van der Waals surface area (Å²) in [7, 11) is 1.61. The van der Waals surface area contributed by atoms with Gasteiger partial charge in [-0.2, -0.15) is 5.10 Å². The molecule has 0 saturated carbocycles. The van der Waals surface area contributed by atoms with Crippen LogP contribution in [0.15, 0.2) is 18.2 Å². The van der Waals surface area contributed by atoms with E-state index in [1.807, 2.05) is 0 Å². The summed E-state index contributed by atoms with van der Waals surface area (Å²) < 4.78 is 14.4. The van der Waals surface area contributed by atoms with E-state index in [1.54, 1.807) is 20.0 Å². The number of halogens is 2. The van der Waals surface area contributed by atoms with Crippen LogP contribution in [-0.4, -0.2) is 14.7 Å². The van der Waals surface area contributed by atoms with Gasteiger partial charge in [-0.25, -0.2) is 9.07 Å². The summed E-state index contributed by atoms with van der Waals surface area (Å²) in [6, 6.07) is 4.28. The largest absolute Gasteiger partial charge is 0.360 e. The zero-order valence-electron chi connectivity index (χ0n) is 10.9. The van der Waals surface area contributed by atoms with Crippen LogP contribution in [-0.2, 0) is 13.6 Å². The number of nitrogens with one attached hydrogen (secondary N) is 1. The molecule has 1 aromatic carbocycles. The van der Waals surface area contributed by atoms with E-state index in [0.717, 1.165) is 0 Å². The molecule has 8 heteroatoms. The molecule has 1 heterocycles. The topological polar surface area (TPSA) is 73.0 Å². The van der Waals surface area contributed by atoms with Gasteiger partial charge in [-0.1, -0.05) is 17.7 Å². The lowest BCUT2D eigenvalue weighted by Crippen LogP contribution is -2.06. The summed E-state index contributed by atoms with van der Waals surface area (Å²) in [6.07, 6.45) is 0. The van der Waals surface area contributed by atoms with Crippen LogP contribution >= 0.6 is 11.6 Å². The second-order valence-electron chi connectivity index (χ2n) is 4.27. The molecule has 0 spiro atoms. The van der Waals surface area contributed by atoms with Gasteiger partial charge in [0.15, 0.2) is 0 Å². The summed E-state index contributed by atoms with van der Waals surface area (Å²) in [5, 5.41) is 17.9. The van der Waals surface area contributed by atoms with Gasteiger partial charge < -0.3 is 5.32 Å². The second kappa shape index (κ2) is 5.46. The van der Waals surface area contributed by atoms with Crippen molar-refractivity contribution in [3.05, 3.63) is 50.4 Å². The van der Waals surface area contributed by atoms with Gasteiger partial charge in [-0.3, -0.25) is 10.1 Å². The van der Waals surface area contributed by atoms with Crippen molar-refractivity contribution < 1.29 is 9.31 Å². The number of nitro groups is 1. The summed E-state index contributed by atoms with van der Waals surface area (Å²) in [6.45, 7) is 1.85. The number of anilines is 1. The Bertz CT molecular complexity index is 672. The van der Waals surface area contributed by atoms with Crippen LogP contribution in [0.2, 0.25) is 5.02 Å². The van der Waals surface area contributed by atoms with E-state index >= 15 is 0 Å². The molecular weight excluding hydrogens is 287 g/mol. The quantitative estimate of drug-likeness (QED) is 0.695. The molecule has 0 atom stereocenters. The van der Waals surface area contributed by atoms with Crippen molar-refractivity contribution in [1.82, 2.24) is 9.78 Å². The number of hydrogen-bond acceptors (Lipinski definition) is 4. The predicted molar refractivity (Wildman–Crippen MR) is 73.3 cm³/mol. The minimum Gasteiger partial charge on any atom is -0.360 e. The summed E-state index contributed by atoms with van der Waals surface area (Å²) in [5.74, 6) is -0.203. The van der Waals surface area contributed by atoms with Crippen molar-refractivity contribution in [2.24, 2.45) is 7.05 Å². The maximum Gasteiger partial charge on any atom is 0.333 e. The highest BCUT2D eigenvalue weighted by atomic mass is 35.5. The number of rotatable bonds is 4. The second-order valence-corrected chi connectivity index (χ2v) is 4.67. The van der Waals surface area contributed by atoms with Gasteiger partial charge in [0.25, 0.3) is 0 Å². The van der Waals surface area contributed by atoms with Crippen LogP contribution < -0.4 is 5.32 Å². The minimum atomic E-state index is -0.502. The maximum atomic E-state index is 13.0. The Morgan fingerprint density at radius 2 is 2.25 bits per heavy atom. The molecule has 20 heavy (non-hydrogen) atoms. The molecular formula is C12H12ClFN4O2. The van der Waals surface area contributed by atoms with Crippen molar-refractivity contribution in [2.75, 3.05) is 5.32 Å². The average molecular weight is 299 g/mol. The Hall–Kier alpha value is -2.15. The molecule has 0 radical (unpaired) electrons. The number of aryl methyl sites for hydroxylation is 2. The normalized spacial score (nSPS) is 10.6. The monoisotopic (exact) mass is 298 g/mol. The molecule has 0 amide bonds. The Kier molecular flexibility index (Phi) is 3.89. The van der Waals surface area contributed by atoms with E-state index < -0.39 is 10.7 Å². The van der Waals surface area contributed by atoms with Crippen molar-refractivity contribution in [3.8, 4) is 0 Å². The van der Waals surface area contributed by atoms with Crippen molar-refractivity contribution in [3.63, 3.8) is 0 Å². The number of hydrogen-bond donors (Lipinski definition) is 1. The standard InChI is InChI=1S/C12H12ClFN4O2/c1-7-11(18(19)20)12(17(2)16-7)15-6-8-3-4-10(14)9(13)5-8/h3-5,15H,6H2,1-2H3. The molecule has 1 N–H and O–H groups in total. The molecule has 106 valence electrons. The highest BCUT2D eigenvalue weighted by Crippen LogP contribution is 2.28. The van der Waals surface area contributed by atoms with Gasteiger partial charge in [0.1, 0.15) is 11.5 Å². The molecule has 0 aliphatic heterocycles. The van der Waals surface area contributed by atoms with Gasteiger partial charge in [0.2, 0.25) is 5.82 Å². The van der Waals surface area contributed by atoms with Gasteiger partial charge in [-0.15, -0.1) is 0 Å².